The Morgan fingerprint density at radius 3 is 2.73 bits per heavy atom. The standard InChI is InChI=1S/C15H12FN3O2S/c16-13-7-2-1-4-11(13)9-17-19-15(22)18-12-6-3-5-10(8-12)14(20)21/h1-9H,(H,20,21)(H2,18,19,22)/p-1. The second-order valence-corrected chi connectivity index (χ2v) is 4.62. The van der Waals surface area contributed by atoms with Crippen molar-refractivity contribution in [1.29, 1.82) is 0 Å². The summed E-state index contributed by atoms with van der Waals surface area (Å²) in [6, 6.07) is 12.1. The monoisotopic (exact) mass is 316 g/mol. The highest BCUT2D eigenvalue weighted by molar-refractivity contribution is 7.80. The Labute approximate surface area is 131 Å². The van der Waals surface area contributed by atoms with Crippen molar-refractivity contribution in [3.05, 3.63) is 65.5 Å². The largest absolute Gasteiger partial charge is 0.545 e. The molecule has 0 saturated carbocycles. The summed E-state index contributed by atoms with van der Waals surface area (Å²) in [7, 11) is 0. The highest BCUT2D eigenvalue weighted by Gasteiger charge is 1.99. The molecule has 0 spiro atoms. The smallest absolute Gasteiger partial charge is 0.191 e. The van der Waals surface area contributed by atoms with E-state index in [-0.39, 0.29) is 10.7 Å². The van der Waals surface area contributed by atoms with Crippen LogP contribution < -0.4 is 15.8 Å². The van der Waals surface area contributed by atoms with Crippen molar-refractivity contribution in [1.82, 2.24) is 5.43 Å². The molecule has 0 fully saturated rings. The first-order chi connectivity index (χ1) is 10.6. The lowest BCUT2D eigenvalue weighted by Gasteiger charge is -2.09. The summed E-state index contributed by atoms with van der Waals surface area (Å²) in [5.41, 5.74) is 3.33. The van der Waals surface area contributed by atoms with Crippen molar-refractivity contribution >= 4 is 35.2 Å². The Morgan fingerprint density at radius 1 is 1.23 bits per heavy atom. The van der Waals surface area contributed by atoms with E-state index in [4.69, 9.17) is 12.2 Å². The van der Waals surface area contributed by atoms with Gasteiger partial charge in [-0.15, -0.1) is 0 Å². The van der Waals surface area contributed by atoms with E-state index in [1.807, 2.05) is 0 Å². The first-order valence-corrected chi connectivity index (χ1v) is 6.63. The summed E-state index contributed by atoms with van der Waals surface area (Å²) >= 11 is 5.00. The molecule has 0 aromatic heterocycles. The summed E-state index contributed by atoms with van der Waals surface area (Å²) in [4.78, 5) is 10.8. The Morgan fingerprint density at radius 2 is 2.00 bits per heavy atom. The molecule has 0 aliphatic carbocycles. The number of nitrogens with one attached hydrogen (secondary N) is 2. The summed E-state index contributed by atoms with van der Waals surface area (Å²) in [5, 5.41) is 17.5. The molecule has 112 valence electrons. The molecule has 2 N–H and O–H groups in total. The summed E-state index contributed by atoms with van der Waals surface area (Å²) in [6.07, 6.45) is 1.29. The predicted molar refractivity (Wildman–Crippen MR) is 84.1 cm³/mol. The molecular weight excluding hydrogens is 305 g/mol. The van der Waals surface area contributed by atoms with Gasteiger partial charge in [0.15, 0.2) is 5.11 Å². The number of hydrazone groups is 1. The zero-order valence-electron chi connectivity index (χ0n) is 11.2. The van der Waals surface area contributed by atoms with Crippen molar-refractivity contribution in [3.63, 3.8) is 0 Å². The minimum Gasteiger partial charge on any atom is -0.545 e. The lowest BCUT2D eigenvalue weighted by molar-refractivity contribution is -0.255. The van der Waals surface area contributed by atoms with Crippen LogP contribution in [-0.2, 0) is 0 Å². The molecule has 7 heteroatoms. The minimum absolute atomic E-state index is 0.0302. The fourth-order valence-corrected chi connectivity index (χ4v) is 1.79. The molecule has 0 atom stereocenters. The lowest BCUT2D eigenvalue weighted by Crippen LogP contribution is -2.25. The average Bonchev–Trinajstić information content (AvgIpc) is 2.49. The van der Waals surface area contributed by atoms with Gasteiger partial charge in [0.25, 0.3) is 0 Å². The number of thiocarbonyl (C=S) groups is 1. The van der Waals surface area contributed by atoms with Crippen LogP contribution in [0.2, 0.25) is 0 Å². The minimum atomic E-state index is -1.28. The van der Waals surface area contributed by atoms with Crippen LogP contribution in [-0.4, -0.2) is 17.3 Å². The van der Waals surface area contributed by atoms with Crippen LogP contribution in [0.5, 0.6) is 0 Å². The third-order valence-electron chi connectivity index (χ3n) is 2.63. The van der Waals surface area contributed by atoms with Gasteiger partial charge < -0.3 is 15.2 Å². The Hall–Kier alpha value is -2.80. The maximum absolute atomic E-state index is 13.4. The molecule has 5 nitrogen and oxygen atoms in total. The van der Waals surface area contributed by atoms with E-state index in [0.29, 0.717) is 11.3 Å². The van der Waals surface area contributed by atoms with E-state index >= 15 is 0 Å². The SMILES string of the molecule is O=C([O-])c1cccc(NC(=S)NN=Cc2ccccc2F)c1. The van der Waals surface area contributed by atoms with Crippen LogP contribution >= 0.6 is 12.2 Å². The zero-order chi connectivity index (χ0) is 15.9. The number of rotatable bonds is 4. The summed E-state index contributed by atoms with van der Waals surface area (Å²) in [5.74, 6) is -1.67. The molecule has 0 saturated heterocycles. The van der Waals surface area contributed by atoms with E-state index in [9.17, 15) is 14.3 Å². The number of hydrogen-bond donors (Lipinski definition) is 2. The van der Waals surface area contributed by atoms with E-state index < -0.39 is 11.8 Å². The van der Waals surface area contributed by atoms with Crippen LogP contribution in [0.4, 0.5) is 10.1 Å². The van der Waals surface area contributed by atoms with Crippen molar-refractivity contribution in [2.24, 2.45) is 5.10 Å². The second-order valence-electron chi connectivity index (χ2n) is 4.21. The molecule has 0 amide bonds. The predicted octanol–water partition coefficient (Wildman–Crippen LogP) is 1.51. The van der Waals surface area contributed by atoms with Gasteiger partial charge in [0, 0.05) is 11.3 Å². The fourth-order valence-electron chi connectivity index (χ4n) is 1.62. The van der Waals surface area contributed by atoms with Gasteiger partial charge in [-0.25, -0.2) is 4.39 Å². The average molecular weight is 316 g/mol. The topological polar surface area (TPSA) is 76.5 Å². The Kier molecular flexibility index (Phi) is 5.16. The molecule has 0 aliphatic rings. The Bertz CT molecular complexity index is 734. The molecule has 2 rings (SSSR count). The number of benzene rings is 2. The number of hydrogen-bond acceptors (Lipinski definition) is 4. The maximum Gasteiger partial charge on any atom is 0.191 e. The quantitative estimate of drug-likeness (QED) is 0.508. The molecule has 0 radical (unpaired) electrons. The van der Waals surface area contributed by atoms with Crippen molar-refractivity contribution in [2.45, 2.75) is 0 Å². The van der Waals surface area contributed by atoms with Crippen LogP contribution in [0.3, 0.4) is 0 Å². The number of aromatic carboxylic acids is 1. The highest BCUT2D eigenvalue weighted by atomic mass is 32.1. The molecule has 2 aromatic carbocycles. The van der Waals surface area contributed by atoms with E-state index in [2.05, 4.69) is 15.8 Å². The zero-order valence-corrected chi connectivity index (χ0v) is 12.1. The van der Waals surface area contributed by atoms with Crippen LogP contribution in [0.15, 0.2) is 53.6 Å². The van der Waals surface area contributed by atoms with E-state index in [1.54, 1.807) is 30.3 Å². The van der Waals surface area contributed by atoms with Gasteiger partial charge in [-0.05, 0) is 36.0 Å². The second kappa shape index (κ2) is 7.28. The number of carbonyl (C=O) groups is 1. The number of carboxylic acids is 1. The Balaban J connectivity index is 1.95. The molecule has 2 aromatic rings. The van der Waals surface area contributed by atoms with Gasteiger partial charge in [-0.1, -0.05) is 30.3 Å². The number of carbonyl (C=O) groups excluding carboxylic acids is 1. The van der Waals surface area contributed by atoms with Gasteiger partial charge in [0.1, 0.15) is 5.82 Å². The number of nitrogens with zero attached hydrogens (tertiary/aromatic N) is 1. The number of halogens is 1. The van der Waals surface area contributed by atoms with Gasteiger partial charge in [0.05, 0.1) is 12.2 Å². The summed E-state index contributed by atoms with van der Waals surface area (Å²) < 4.78 is 13.4. The summed E-state index contributed by atoms with van der Waals surface area (Å²) in [6.45, 7) is 0. The third kappa shape index (κ3) is 4.35. The number of carboxylic acid groups (broad SMARTS) is 1. The van der Waals surface area contributed by atoms with Crippen LogP contribution in [0, 0.1) is 5.82 Å². The van der Waals surface area contributed by atoms with Crippen molar-refractivity contribution in [3.8, 4) is 0 Å². The maximum atomic E-state index is 13.4. The molecule has 0 aliphatic heterocycles. The van der Waals surface area contributed by atoms with Gasteiger partial charge in [0.2, 0.25) is 0 Å². The number of anilines is 1. The normalized spacial score (nSPS) is 10.4. The molecule has 0 unspecified atom stereocenters. The molecular formula is C15H11FN3O2S-. The highest BCUT2D eigenvalue weighted by Crippen LogP contribution is 2.09. The fraction of sp³-hybridized carbons (Fsp3) is 0. The molecule has 0 bridgehead atoms. The van der Waals surface area contributed by atoms with Gasteiger partial charge in [-0.2, -0.15) is 5.10 Å². The molecule has 22 heavy (non-hydrogen) atoms. The van der Waals surface area contributed by atoms with Gasteiger partial charge in [-0.3, -0.25) is 5.43 Å². The third-order valence-corrected chi connectivity index (χ3v) is 2.82. The van der Waals surface area contributed by atoms with Crippen LogP contribution in [0.1, 0.15) is 15.9 Å². The first kappa shape index (κ1) is 15.6. The van der Waals surface area contributed by atoms with E-state index in [1.165, 1.54) is 24.4 Å². The van der Waals surface area contributed by atoms with Crippen molar-refractivity contribution < 1.29 is 14.3 Å². The molecule has 0 heterocycles. The first-order valence-electron chi connectivity index (χ1n) is 6.22. The van der Waals surface area contributed by atoms with E-state index in [0.717, 1.165) is 0 Å². The lowest BCUT2D eigenvalue weighted by atomic mass is 10.2. The van der Waals surface area contributed by atoms with Crippen LogP contribution in [0.25, 0.3) is 0 Å². The van der Waals surface area contributed by atoms with Crippen molar-refractivity contribution in [2.75, 3.05) is 5.32 Å². The van der Waals surface area contributed by atoms with Gasteiger partial charge >= 0.3 is 0 Å².